The van der Waals surface area contributed by atoms with Crippen LogP contribution < -0.4 is 5.73 Å². The van der Waals surface area contributed by atoms with Crippen LogP contribution in [0.2, 0.25) is 0 Å². The third kappa shape index (κ3) is 17.8. The van der Waals surface area contributed by atoms with Crippen molar-refractivity contribution < 1.29 is 84.7 Å². The van der Waals surface area contributed by atoms with E-state index in [1.165, 1.54) is 26.8 Å². The number of aliphatic hydroxyl groups is 10. The molecular weight excluding hydrogens is 875 g/mol. The Morgan fingerprint density at radius 2 is 1.22 bits per heavy atom. The van der Waals surface area contributed by atoms with Gasteiger partial charge in [-0.15, -0.1) is 0 Å². The normalized spacial score (nSPS) is 46.7. The van der Waals surface area contributed by atoms with Gasteiger partial charge in [0, 0.05) is 37.5 Å². The Bertz CT molecular complexity index is 1770. The van der Waals surface area contributed by atoms with Crippen molar-refractivity contribution in [3.05, 3.63) is 85.1 Å². The Morgan fingerprint density at radius 3 is 1.79 bits per heavy atom. The van der Waals surface area contributed by atoms with Crippen molar-refractivity contribution in [1.29, 1.82) is 0 Å². The Kier molecular flexibility index (Phi) is 22.9. The van der Waals surface area contributed by atoms with Crippen molar-refractivity contribution in [2.24, 2.45) is 23.5 Å². The molecule has 0 saturated carbocycles. The second-order valence-corrected chi connectivity index (χ2v) is 18.8. The molecule has 0 spiro atoms. The zero-order chi connectivity index (χ0) is 50.3. The molecule has 3 aliphatic rings. The Balaban J connectivity index is 1.92. The predicted octanol–water partition coefficient (Wildman–Crippen LogP) is 1.49. The van der Waals surface area contributed by atoms with E-state index in [0.29, 0.717) is 0 Å². The van der Waals surface area contributed by atoms with Gasteiger partial charge in [0.2, 0.25) is 0 Å². The predicted molar refractivity (Wildman–Crippen MR) is 246 cm³/mol. The summed E-state index contributed by atoms with van der Waals surface area (Å²) < 4.78 is 23.8. The molecule has 19 atom stereocenters. The summed E-state index contributed by atoms with van der Waals surface area (Å²) in [6.45, 7) is 9.50. The van der Waals surface area contributed by atoms with Gasteiger partial charge in [-0.3, -0.25) is 9.59 Å². The number of allylic oxidation sites excluding steroid dienone is 12. The molecule has 0 aromatic rings. The second kappa shape index (κ2) is 26.5. The largest absolute Gasteiger partial charge is 0.481 e. The van der Waals surface area contributed by atoms with Crippen LogP contribution in [0.25, 0.3) is 0 Å². The first-order chi connectivity index (χ1) is 31.3. The van der Waals surface area contributed by atoms with Gasteiger partial charge < -0.3 is 80.9 Å². The summed E-state index contributed by atoms with van der Waals surface area (Å²) in [6.07, 6.45) is 5.92. The lowest BCUT2D eigenvalue weighted by Gasteiger charge is -2.52. The highest BCUT2D eigenvalue weighted by Crippen LogP contribution is 2.45. The molecule has 0 aliphatic carbocycles. The minimum Gasteiger partial charge on any atom is -0.481 e. The summed E-state index contributed by atoms with van der Waals surface area (Å²) in [5.41, 5.74) is 4.19. The molecule has 0 radical (unpaired) electrons. The molecule has 18 nitrogen and oxygen atoms in total. The van der Waals surface area contributed by atoms with E-state index in [0.717, 1.165) is 0 Å². The Morgan fingerprint density at radius 1 is 0.672 bits per heavy atom. The van der Waals surface area contributed by atoms with E-state index in [-0.39, 0.29) is 31.6 Å². The smallest absolute Gasteiger partial charge is 0.312 e. The minimum atomic E-state index is -2.37. The number of rotatable bonds is 3. The van der Waals surface area contributed by atoms with Crippen LogP contribution in [0.3, 0.4) is 0 Å². The molecule has 0 unspecified atom stereocenters. The molecule has 3 heterocycles. The molecule has 3 rings (SSSR count). The van der Waals surface area contributed by atoms with Gasteiger partial charge in [-0.05, 0) is 47.0 Å². The van der Waals surface area contributed by atoms with Crippen molar-refractivity contribution in [2.75, 3.05) is 0 Å². The minimum absolute atomic E-state index is 0.112. The van der Waals surface area contributed by atoms with Gasteiger partial charge in [0.15, 0.2) is 11.6 Å². The highest BCUT2D eigenvalue weighted by atomic mass is 16.7. The van der Waals surface area contributed by atoms with E-state index in [4.69, 9.17) is 24.7 Å². The molecule has 0 aromatic carbocycles. The zero-order valence-electron chi connectivity index (χ0n) is 39.4. The highest BCUT2D eigenvalue weighted by molar-refractivity contribution is 5.72. The fourth-order valence-electron chi connectivity index (χ4n) is 8.87. The molecule has 18 heteroatoms. The van der Waals surface area contributed by atoms with Gasteiger partial charge in [-0.1, -0.05) is 98.9 Å². The number of hydrogen-bond acceptors (Lipinski definition) is 17. The molecule has 0 amide bonds. The molecule has 2 saturated heterocycles. The monoisotopic (exact) mass is 952 g/mol. The first-order valence-electron chi connectivity index (χ1n) is 23.1. The zero-order valence-corrected chi connectivity index (χ0v) is 39.4. The molecule has 0 aromatic heterocycles. The van der Waals surface area contributed by atoms with Crippen molar-refractivity contribution in [3.63, 3.8) is 0 Å². The van der Waals surface area contributed by atoms with Crippen LogP contribution in [0.15, 0.2) is 85.1 Å². The number of aliphatic hydroxyl groups excluding tert-OH is 9. The van der Waals surface area contributed by atoms with E-state index < -0.39 is 146 Å². The van der Waals surface area contributed by atoms with Gasteiger partial charge in [0.1, 0.15) is 18.1 Å². The van der Waals surface area contributed by atoms with E-state index in [9.17, 15) is 65.8 Å². The third-order valence-electron chi connectivity index (χ3n) is 12.8. The first kappa shape index (κ1) is 57.9. The van der Waals surface area contributed by atoms with Crippen LogP contribution in [0, 0.1) is 17.8 Å². The van der Waals surface area contributed by atoms with Crippen molar-refractivity contribution in [3.8, 4) is 0 Å². The van der Waals surface area contributed by atoms with Crippen LogP contribution in [0.5, 0.6) is 0 Å². The van der Waals surface area contributed by atoms with Gasteiger partial charge >= 0.3 is 11.9 Å². The van der Waals surface area contributed by atoms with Crippen LogP contribution >= 0.6 is 0 Å². The van der Waals surface area contributed by atoms with E-state index in [1.54, 1.807) is 74.6 Å². The standard InChI is InChI=1S/C49H77NO17/c1-29-19-17-15-13-11-9-7-8-10-12-14-16-18-20-36(66-48(6)45(60)42(50)44(59)32(4)65-48)27-47(5)41(46(61)62)39(56)28-49(63,67-47)26-35(53)24-38(55)37(54)22-21-33(51)23-34(52)25-40(57)64-31(3)30(2)43(29)58/h7-20,29-39,41-45,51-56,58-60,63H,21-28,50H2,1-6H3,(H,61,62)/b8-7+,11-9+,12-10+,15-13+,16-14+,19-17+,20-18+/t29-,30-,31-,32+,33+,34+,35-,36-,37+,38+,39-,41-,42-,43+,44+,45-,47-,48-,49+/m0/s1. The number of ether oxygens (including phenoxy) is 4. The van der Waals surface area contributed by atoms with Crippen molar-refractivity contribution in [1.82, 2.24) is 0 Å². The van der Waals surface area contributed by atoms with Gasteiger partial charge in [0.05, 0.1) is 79.1 Å². The quantitative estimate of drug-likeness (QED) is 0.178. The summed E-state index contributed by atoms with van der Waals surface area (Å²) in [5, 5.41) is 120. The van der Waals surface area contributed by atoms with Gasteiger partial charge in [-0.2, -0.15) is 0 Å². The first-order valence-corrected chi connectivity index (χ1v) is 23.1. The van der Waals surface area contributed by atoms with Crippen LogP contribution in [-0.4, -0.2) is 165 Å². The van der Waals surface area contributed by atoms with Crippen LogP contribution in [-0.2, 0) is 28.5 Å². The average Bonchev–Trinajstić information content (AvgIpc) is 3.21. The molecular formula is C49H77NO17. The maximum atomic E-state index is 12.7. The summed E-state index contributed by atoms with van der Waals surface area (Å²) >= 11 is 0. The molecule has 2 fully saturated rings. The number of nitrogens with two attached hydrogens (primary N) is 1. The number of fused-ring (bicyclic) bond motifs is 2. The maximum absolute atomic E-state index is 12.7. The Hall–Kier alpha value is -3.44. The molecule has 3 aliphatic heterocycles. The summed E-state index contributed by atoms with van der Waals surface area (Å²) in [4.78, 5) is 25.4. The summed E-state index contributed by atoms with van der Waals surface area (Å²) in [5.74, 6) is -8.81. The topological polar surface area (TPSA) is 320 Å². The lowest BCUT2D eigenvalue weighted by molar-refractivity contribution is -0.355. The SMILES string of the molecule is C[C@@H]1[C@H](O)[C@@H](C)/C=C/C=C/C=C/C=C/C=C/C=C/C=C/[C@H](O[C@]2(C)O[C@H](C)[C@@H](O)[C@H](N)[C@@H]2O)C[C@]2(C)O[C@](O)(C[C@@H](O)C[C@@H](O)[C@H](O)CC[C@@H](O)C[C@@H](O)CC(=O)O[C@H]1C)C[C@H](O)[C@H]2C(=O)O. The number of carboxylic acid groups (broad SMARTS) is 1. The molecule has 13 N–H and O–H groups in total. The summed E-state index contributed by atoms with van der Waals surface area (Å²) in [7, 11) is 0. The fraction of sp³-hybridized carbons (Fsp3) is 0.673. The molecule has 2 bridgehead atoms. The number of cyclic esters (lactones) is 1. The Labute approximate surface area is 393 Å². The lowest BCUT2D eigenvalue weighted by Crippen LogP contribution is -2.67. The number of hydrogen-bond donors (Lipinski definition) is 12. The van der Waals surface area contributed by atoms with Crippen molar-refractivity contribution >= 4 is 11.9 Å². The van der Waals surface area contributed by atoms with E-state index in [1.807, 2.05) is 25.2 Å². The third-order valence-corrected chi connectivity index (χ3v) is 12.8. The fourth-order valence-corrected chi connectivity index (χ4v) is 8.87. The summed E-state index contributed by atoms with van der Waals surface area (Å²) in [6, 6.07) is -1.19. The number of carbonyl (C=O) groups is 2. The number of carbonyl (C=O) groups excluding carboxylic acids is 1. The second-order valence-electron chi connectivity index (χ2n) is 18.8. The molecule has 380 valence electrons. The number of carboxylic acids is 1. The van der Waals surface area contributed by atoms with Crippen molar-refractivity contribution in [2.45, 2.75) is 189 Å². The average molecular weight is 952 g/mol. The molecule has 67 heavy (non-hydrogen) atoms. The maximum Gasteiger partial charge on any atom is 0.312 e. The highest BCUT2D eigenvalue weighted by Gasteiger charge is 2.58. The van der Waals surface area contributed by atoms with Gasteiger partial charge in [-0.25, -0.2) is 0 Å². The van der Waals surface area contributed by atoms with E-state index in [2.05, 4.69) is 0 Å². The van der Waals surface area contributed by atoms with Gasteiger partial charge in [0.25, 0.3) is 0 Å². The van der Waals surface area contributed by atoms with Crippen LogP contribution in [0.4, 0.5) is 0 Å². The number of esters is 1. The lowest BCUT2D eigenvalue weighted by atomic mass is 9.74. The van der Waals surface area contributed by atoms with Crippen LogP contribution in [0.1, 0.15) is 92.9 Å². The van der Waals surface area contributed by atoms with E-state index >= 15 is 0 Å². The number of aliphatic carboxylic acids is 1.